The summed E-state index contributed by atoms with van der Waals surface area (Å²) in [6.45, 7) is 7.31. The summed E-state index contributed by atoms with van der Waals surface area (Å²) in [6.07, 6.45) is 10.5. The van der Waals surface area contributed by atoms with Gasteiger partial charge in [0.05, 0.1) is 5.69 Å². The molecule has 0 saturated heterocycles. The van der Waals surface area contributed by atoms with Gasteiger partial charge in [0.1, 0.15) is 6.26 Å². The number of rotatable bonds is 3. The second-order valence-corrected chi connectivity index (χ2v) is 8.95. The summed E-state index contributed by atoms with van der Waals surface area (Å²) in [5.74, 6) is 3.83. The molecule has 116 valence electrons. The van der Waals surface area contributed by atoms with Crippen LogP contribution in [0.15, 0.2) is 10.7 Å². The second kappa shape index (κ2) is 4.58. The first-order valence-corrected chi connectivity index (χ1v) is 8.62. The van der Waals surface area contributed by atoms with Gasteiger partial charge in [0, 0.05) is 17.5 Å². The second-order valence-electron chi connectivity index (χ2n) is 8.95. The van der Waals surface area contributed by atoms with E-state index in [1.807, 2.05) is 6.26 Å². The molecule has 1 heterocycles. The fourth-order valence-electron chi connectivity index (χ4n) is 5.34. The molecule has 0 aliphatic heterocycles. The molecule has 21 heavy (non-hydrogen) atoms. The van der Waals surface area contributed by atoms with Crippen molar-refractivity contribution in [3.8, 4) is 0 Å². The molecule has 0 atom stereocenters. The Kier molecular flexibility index (Phi) is 3.01. The molecule has 4 fully saturated rings. The van der Waals surface area contributed by atoms with E-state index in [1.165, 1.54) is 38.5 Å². The van der Waals surface area contributed by atoms with Gasteiger partial charge in [-0.1, -0.05) is 20.8 Å². The van der Waals surface area contributed by atoms with Crippen LogP contribution in [0.2, 0.25) is 0 Å². The third kappa shape index (κ3) is 2.54. The van der Waals surface area contributed by atoms with E-state index in [1.54, 1.807) is 0 Å². The molecule has 5 rings (SSSR count). The fourth-order valence-corrected chi connectivity index (χ4v) is 5.34. The smallest absolute Gasteiger partial charge is 0.199 e. The summed E-state index contributed by atoms with van der Waals surface area (Å²) in [7, 11) is 0. The lowest BCUT2D eigenvalue weighted by atomic mass is 9.53. The van der Waals surface area contributed by atoms with Crippen LogP contribution in [0.4, 0.5) is 0 Å². The van der Waals surface area contributed by atoms with Gasteiger partial charge in [0.25, 0.3) is 0 Å². The van der Waals surface area contributed by atoms with Crippen molar-refractivity contribution in [2.75, 3.05) is 0 Å². The van der Waals surface area contributed by atoms with Gasteiger partial charge in [-0.15, -0.1) is 0 Å². The lowest BCUT2D eigenvalue weighted by Gasteiger charge is -2.57. The maximum atomic E-state index is 5.65. The largest absolute Gasteiger partial charge is 0.448 e. The zero-order chi connectivity index (χ0) is 14.7. The van der Waals surface area contributed by atoms with Gasteiger partial charge < -0.3 is 9.73 Å². The van der Waals surface area contributed by atoms with Crippen LogP contribution >= 0.6 is 0 Å². The fraction of sp³-hybridized carbons (Fsp3) is 0.833. The van der Waals surface area contributed by atoms with Gasteiger partial charge in [-0.25, -0.2) is 4.98 Å². The SMILES string of the molecule is CC(C)(C)c1nc(CNC23CC4CC(CC(C4)C2)C3)co1. The molecule has 0 unspecified atom stereocenters. The Morgan fingerprint density at radius 2 is 1.71 bits per heavy atom. The monoisotopic (exact) mass is 288 g/mol. The summed E-state index contributed by atoms with van der Waals surface area (Å²) < 4.78 is 5.65. The van der Waals surface area contributed by atoms with Crippen molar-refractivity contribution in [3.05, 3.63) is 17.8 Å². The van der Waals surface area contributed by atoms with Crippen molar-refractivity contribution in [3.63, 3.8) is 0 Å². The van der Waals surface area contributed by atoms with E-state index in [0.717, 1.165) is 35.9 Å². The van der Waals surface area contributed by atoms with Gasteiger partial charge in [0.15, 0.2) is 5.89 Å². The highest BCUT2D eigenvalue weighted by Crippen LogP contribution is 2.55. The number of oxazole rings is 1. The average molecular weight is 288 g/mol. The third-order valence-corrected chi connectivity index (χ3v) is 5.88. The lowest BCUT2D eigenvalue weighted by molar-refractivity contribution is -0.0207. The van der Waals surface area contributed by atoms with E-state index >= 15 is 0 Å². The Balaban J connectivity index is 1.44. The molecule has 4 saturated carbocycles. The minimum Gasteiger partial charge on any atom is -0.448 e. The predicted octanol–water partition coefficient (Wildman–Crippen LogP) is 4.03. The first-order valence-electron chi connectivity index (χ1n) is 8.62. The van der Waals surface area contributed by atoms with Crippen molar-refractivity contribution in [1.82, 2.24) is 10.3 Å². The predicted molar refractivity (Wildman–Crippen MR) is 82.9 cm³/mol. The average Bonchev–Trinajstić information content (AvgIpc) is 2.83. The topological polar surface area (TPSA) is 38.1 Å². The Hall–Kier alpha value is -0.830. The van der Waals surface area contributed by atoms with E-state index in [-0.39, 0.29) is 5.41 Å². The van der Waals surface area contributed by atoms with Crippen molar-refractivity contribution >= 4 is 0 Å². The normalized spacial score (nSPS) is 38.1. The first-order chi connectivity index (χ1) is 9.92. The molecule has 4 aliphatic rings. The molecule has 3 nitrogen and oxygen atoms in total. The highest BCUT2D eigenvalue weighted by molar-refractivity contribution is 5.09. The number of hydrogen-bond acceptors (Lipinski definition) is 3. The lowest BCUT2D eigenvalue weighted by Crippen LogP contribution is -2.58. The number of aromatic nitrogens is 1. The van der Waals surface area contributed by atoms with Crippen molar-refractivity contribution in [2.24, 2.45) is 17.8 Å². The molecule has 1 aromatic rings. The van der Waals surface area contributed by atoms with Gasteiger partial charge >= 0.3 is 0 Å². The van der Waals surface area contributed by atoms with Crippen LogP contribution in [0.25, 0.3) is 0 Å². The van der Waals surface area contributed by atoms with E-state index in [2.05, 4.69) is 31.1 Å². The summed E-state index contributed by atoms with van der Waals surface area (Å²) in [5.41, 5.74) is 1.48. The molecule has 4 aliphatic carbocycles. The van der Waals surface area contributed by atoms with Crippen LogP contribution in [-0.4, -0.2) is 10.5 Å². The van der Waals surface area contributed by atoms with Crippen LogP contribution in [0, 0.1) is 17.8 Å². The molecular weight excluding hydrogens is 260 g/mol. The summed E-state index contributed by atoms with van der Waals surface area (Å²) in [5, 5.41) is 3.89. The summed E-state index contributed by atoms with van der Waals surface area (Å²) in [6, 6.07) is 0. The minimum absolute atomic E-state index is 0.00106. The first kappa shape index (κ1) is 13.8. The van der Waals surface area contributed by atoms with Crippen molar-refractivity contribution < 1.29 is 4.42 Å². The van der Waals surface area contributed by atoms with E-state index < -0.39 is 0 Å². The standard InChI is InChI=1S/C18H28N2O/c1-17(2,3)16-20-15(11-21-16)10-19-18-7-12-4-13(8-18)6-14(5-12)9-18/h11-14,19H,4-10H2,1-3H3. The molecular formula is C18H28N2O. The molecule has 0 spiro atoms. The molecule has 1 N–H and O–H groups in total. The maximum absolute atomic E-state index is 5.65. The Labute approximate surface area is 127 Å². The Morgan fingerprint density at radius 1 is 1.14 bits per heavy atom. The zero-order valence-corrected chi connectivity index (χ0v) is 13.6. The molecule has 1 aromatic heterocycles. The molecule has 0 amide bonds. The molecule has 0 aromatic carbocycles. The molecule has 0 radical (unpaired) electrons. The van der Waals surface area contributed by atoms with Crippen molar-refractivity contribution in [1.29, 1.82) is 0 Å². The van der Waals surface area contributed by atoms with E-state index in [4.69, 9.17) is 4.42 Å². The molecule has 4 bridgehead atoms. The number of hydrogen-bond donors (Lipinski definition) is 1. The summed E-state index contributed by atoms with van der Waals surface area (Å²) in [4.78, 5) is 4.67. The Bertz CT molecular complexity index is 490. The summed E-state index contributed by atoms with van der Waals surface area (Å²) >= 11 is 0. The highest BCUT2D eigenvalue weighted by Gasteiger charge is 2.50. The number of nitrogens with zero attached hydrogens (tertiary/aromatic N) is 1. The van der Waals surface area contributed by atoms with Gasteiger partial charge in [-0.2, -0.15) is 0 Å². The quantitative estimate of drug-likeness (QED) is 0.912. The van der Waals surface area contributed by atoms with E-state index in [9.17, 15) is 0 Å². The van der Waals surface area contributed by atoms with E-state index in [0.29, 0.717) is 5.54 Å². The van der Waals surface area contributed by atoms with Gasteiger partial charge in [-0.3, -0.25) is 0 Å². The Morgan fingerprint density at radius 3 is 2.19 bits per heavy atom. The van der Waals surface area contributed by atoms with Crippen molar-refractivity contribution in [2.45, 2.75) is 76.8 Å². The zero-order valence-electron chi connectivity index (χ0n) is 13.6. The van der Waals surface area contributed by atoms with Crippen LogP contribution in [0.1, 0.15) is 70.9 Å². The third-order valence-electron chi connectivity index (χ3n) is 5.88. The van der Waals surface area contributed by atoms with Crippen LogP contribution in [-0.2, 0) is 12.0 Å². The van der Waals surface area contributed by atoms with Crippen LogP contribution in [0.5, 0.6) is 0 Å². The highest BCUT2D eigenvalue weighted by atomic mass is 16.3. The van der Waals surface area contributed by atoms with Gasteiger partial charge in [0.2, 0.25) is 0 Å². The number of nitrogens with one attached hydrogen (secondary N) is 1. The minimum atomic E-state index is -0.00106. The van der Waals surface area contributed by atoms with Gasteiger partial charge in [-0.05, 0) is 56.3 Å². The maximum Gasteiger partial charge on any atom is 0.199 e. The van der Waals surface area contributed by atoms with Crippen LogP contribution in [0.3, 0.4) is 0 Å². The van der Waals surface area contributed by atoms with Crippen LogP contribution < -0.4 is 5.32 Å². The molecule has 3 heteroatoms.